The van der Waals surface area contributed by atoms with Crippen molar-refractivity contribution in [2.45, 2.75) is 26.8 Å². The summed E-state index contributed by atoms with van der Waals surface area (Å²) in [6.45, 7) is 5.06. The van der Waals surface area contributed by atoms with Gasteiger partial charge in [-0.15, -0.1) is 0 Å². The van der Waals surface area contributed by atoms with Crippen molar-refractivity contribution in [3.63, 3.8) is 0 Å². The summed E-state index contributed by atoms with van der Waals surface area (Å²) in [7, 11) is 0. The summed E-state index contributed by atoms with van der Waals surface area (Å²) >= 11 is 0. The Morgan fingerprint density at radius 3 is 2.19 bits per heavy atom. The summed E-state index contributed by atoms with van der Waals surface area (Å²) < 4.78 is 5.51. The van der Waals surface area contributed by atoms with Gasteiger partial charge in [-0.25, -0.2) is 0 Å². The molecule has 0 bridgehead atoms. The molecule has 0 aromatic heterocycles. The van der Waals surface area contributed by atoms with Gasteiger partial charge >= 0.3 is 0 Å². The van der Waals surface area contributed by atoms with Crippen molar-refractivity contribution in [1.29, 1.82) is 0 Å². The number of aryl methyl sites for hydroxylation is 2. The van der Waals surface area contributed by atoms with Gasteiger partial charge in [-0.2, -0.15) is 0 Å². The average Bonchev–Trinajstić information content (AvgIpc) is 2.66. The van der Waals surface area contributed by atoms with E-state index in [-0.39, 0.29) is 12.5 Å². The number of carbonyl (C=O) groups excluding carboxylic acids is 3. The lowest BCUT2D eigenvalue weighted by atomic mass is 10.1. The Bertz CT molecular complexity index is 801. The van der Waals surface area contributed by atoms with Crippen molar-refractivity contribution in [2.75, 3.05) is 6.61 Å². The van der Waals surface area contributed by atoms with Crippen LogP contribution in [0.4, 0.5) is 0 Å². The number of carbonyl (C=O) groups is 3. The van der Waals surface area contributed by atoms with E-state index in [9.17, 15) is 14.4 Å². The van der Waals surface area contributed by atoms with E-state index in [1.165, 1.54) is 6.92 Å². The molecule has 0 saturated heterocycles. The highest BCUT2D eigenvalue weighted by Crippen LogP contribution is 2.21. The first kappa shape index (κ1) is 20.0. The first-order valence-corrected chi connectivity index (χ1v) is 8.52. The van der Waals surface area contributed by atoms with Gasteiger partial charge in [0.1, 0.15) is 11.8 Å². The van der Waals surface area contributed by atoms with Gasteiger partial charge < -0.3 is 10.1 Å². The van der Waals surface area contributed by atoms with Crippen LogP contribution >= 0.6 is 0 Å². The number of hydrogen-bond donors (Lipinski definition) is 3. The molecule has 2 aromatic carbocycles. The van der Waals surface area contributed by atoms with Crippen molar-refractivity contribution in [3.8, 4) is 5.75 Å². The summed E-state index contributed by atoms with van der Waals surface area (Å²) in [6, 6.07) is 13.4. The lowest BCUT2D eigenvalue weighted by Crippen LogP contribution is -2.52. The molecule has 2 rings (SSSR count). The van der Waals surface area contributed by atoms with Gasteiger partial charge in [-0.3, -0.25) is 25.2 Å². The first-order valence-electron chi connectivity index (χ1n) is 8.52. The highest BCUT2D eigenvalue weighted by atomic mass is 16.5. The summed E-state index contributed by atoms with van der Waals surface area (Å²) in [5.41, 5.74) is 6.83. The van der Waals surface area contributed by atoms with Crippen molar-refractivity contribution in [1.82, 2.24) is 16.2 Å². The molecule has 27 heavy (non-hydrogen) atoms. The Balaban J connectivity index is 1.77. The van der Waals surface area contributed by atoms with Crippen LogP contribution in [0.25, 0.3) is 0 Å². The number of ether oxygens (including phenoxy) is 1. The molecule has 0 aliphatic rings. The second kappa shape index (κ2) is 9.38. The lowest BCUT2D eigenvalue weighted by molar-refractivity contribution is -0.130. The van der Waals surface area contributed by atoms with E-state index in [0.29, 0.717) is 11.3 Å². The van der Waals surface area contributed by atoms with Crippen LogP contribution in [0.15, 0.2) is 48.5 Å². The van der Waals surface area contributed by atoms with Crippen LogP contribution in [0.5, 0.6) is 5.75 Å². The van der Waals surface area contributed by atoms with E-state index in [0.717, 1.165) is 11.1 Å². The number of hydrazine groups is 1. The Hall–Kier alpha value is -3.35. The summed E-state index contributed by atoms with van der Waals surface area (Å²) in [4.78, 5) is 35.9. The summed E-state index contributed by atoms with van der Waals surface area (Å²) in [5, 5.41) is 2.56. The van der Waals surface area contributed by atoms with Crippen molar-refractivity contribution in [2.24, 2.45) is 0 Å². The van der Waals surface area contributed by atoms with Gasteiger partial charge in [-0.05, 0) is 44.0 Å². The molecule has 0 fully saturated rings. The number of hydrogen-bond acceptors (Lipinski definition) is 4. The molecule has 3 amide bonds. The van der Waals surface area contributed by atoms with E-state index in [4.69, 9.17) is 4.74 Å². The van der Waals surface area contributed by atoms with Crippen molar-refractivity contribution in [3.05, 3.63) is 65.2 Å². The largest absolute Gasteiger partial charge is 0.483 e. The third kappa shape index (κ3) is 5.85. The summed E-state index contributed by atoms with van der Waals surface area (Å²) in [5.74, 6) is -0.780. The van der Waals surface area contributed by atoms with Crippen molar-refractivity contribution >= 4 is 17.7 Å². The fraction of sp³-hybridized carbons (Fsp3) is 0.250. The molecule has 1 unspecified atom stereocenters. The molecule has 0 spiro atoms. The molecule has 2 aromatic rings. The fourth-order valence-corrected chi connectivity index (χ4v) is 2.38. The number of nitrogens with one attached hydrogen (secondary N) is 3. The average molecular weight is 369 g/mol. The predicted octanol–water partition coefficient (Wildman–Crippen LogP) is 1.65. The molecule has 0 radical (unpaired) electrons. The standard InChI is InChI=1S/C20H23N3O4/c1-13-8-7-9-14(2)18(13)27-12-17(24)22-23-19(25)15(3)21-20(26)16-10-5-4-6-11-16/h4-11,15H,12H2,1-3H3,(H,21,26)(H,22,24)(H,23,25). The van der Waals surface area contributed by atoms with E-state index < -0.39 is 17.9 Å². The molecular weight excluding hydrogens is 346 g/mol. The molecule has 142 valence electrons. The monoisotopic (exact) mass is 369 g/mol. The molecule has 0 saturated carbocycles. The number of para-hydroxylation sites is 1. The Labute approximate surface area is 158 Å². The highest BCUT2D eigenvalue weighted by Gasteiger charge is 2.17. The number of benzene rings is 2. The van der Waals surface area contributed by atoms with E-state index >= 15 is 0 Å². The smallest absolute Gasteiger partial charge is 0.276 e. The minimum atomic E-state index is -0.822. The van der Waals surface area contributed by atoms with Gasteiger partial charge in [0.15, 0.2) is 6.61 Å². The maximum Gasteiger partial charge on any atom is 0.276 e. The minimum absolute atomic E-state index is 0.239. The number of rotatable bonds is 6. The topological polar surface area (TPSA) is 96.5 Å². The first-order chi connectivity index (χ1) is 12.9. The maximum atomic E-state index is 12.0. The quantitative estimate of drug-likeness (QED) is 0.675. The number of amides is 3. The van der Waals surface area contributed by atoms with Crippen molar-refractivity contribution < 1.29 is 19.1 Å². The van der Waals surface area contributed by atoms with Gasteiger partial charge in [0.2, 0.25) is 0 Å². The molecular formula is C20H23N3O4. The molecule has 1 atom stereocenters. The highest BCUT2D eigenvalue weighted by molar-refractivity contribution is 5.97. The Morgan fingerprint density at radius 2 is 1.56 bits per heavy atom. The van der Waals surface area contributed by atoms with E-state index in [1.54, 1.807) is 30.3 Å². The molecule has 7 nitrogen and oxygen atoms in total. The molecule has 7 heteroatoms. The zero-order chi connectivity index (χ0) is 19.8. The van der Waals surface area contributed by atoms with E-state index in [1.807, 2.05) is 32.0 Å². The minimum Gasteiger partial charge on any atom is -0.483 e. The molecule has 0 aliphatic heterocycles. The molecule has 3 N–H and O–H groups in total. The van der Waals surface area contributed by atoms with Crippen LogP contribution in [-0.4, -0.2) is 30.4 Å². The van der Waals surface area contributed by atoms with Gasteiger partial charge in [-0.1, -0.05) is 36.4 Å². The lowest BCUT2D eigenvalue weighted by Gasteiger charge is -2.15. The molecule has 0 heterocycles. The third-order valence-electron chi connectivity index (χ3n) is 3.86. The van der Waals surface area contributed by atoms with Crippen LogP contribution < -0.4 is 20.9 Å². The van der Waals surface area contributed by atoms with Crippen LogP contribution in [0, 0.1) is 13.8 Å². The zero-order valence-electron chi connectivity index (χ0n) is 15.5. The normalized spacial score (nSPS) is 11.2. The Kier molecular flexibility index (Phi) is 6.93. The molecule has 0 aliphatic carbocycles. The van der Waals surface area contributed by atoms with Gasteiger partial charge in [0, 0.05) is 5.56 Å². The van der Waals surface area contributed by atoms with Crippen LogP contribution in [0.3, 0.4) is 0 Å². The SMILES string of the molecule is Cc1cccc(C)c1OCC(=O)NNC(=O)C(C)NC(=O)c1ccccc1. The van der Waals surface area contributed by atoms with Gasteiger partial charge in [0.05, 0.1) is 0 Å². The van der Waals surface area contributed by atoms with Gasteiger partial charge in [0.25, 0.3) is 17.7 Å². The second-order valence-electron chi connectivity index (χ2n) is 6.11. The zero-order valence-corrected chi connectivity index (χ0v) is 15.5. The Morgan fingerprint density at radius 1 is 0.926 bits per heavy atom. The fourth-order valence-electron chi connectivity index (χ4n) is 2.38. The van der Waals surface area contributed by atoms with Crippen LogP contribution in [0.2, 0.25) is 0 Å². The predicted molar refractivity (Wildman–Crippen MR) is 101 cm³/mol. The van der Waals surface area contributed by atoms with E-state index in [2.05, 4.69) is 16.2 Å². The summed E-state index contributed by atoms with van der Waals surface area (Å²) in [6.07, 6.45) is 0. The third-order valence-corrected chi connectivity index (χ3v) is 3.86. The second-order valence-corrected chi connectivity index (χ2v) is 6.11. The van der Waals surface area contributed by atoms with Crippen LogP contribution in [0.1, 0.15) is 28.4 Å². The van der Waals surface area contributed by atoms with Crippen LogP contribution in [-0.2, 0) is 9.59 Å². The maximum absolute atomic E-state index is 12.0.